The largest absolute Gasteiger partial charge is 0.384 e. The first-order valence-electron chi connectivity index (χ1n) is 7.23. The first kappa shape index (κ1) is 15.0. The molecule has 1 N–H and O–H groups in total. The van der Waals surface area contributed by atoms with Crippen LogP contribution in [-0.4, -0.2) is 38.3 Å². The van der Waals surface area contributed by atoms with Crippen LogP contribution in [0.4, 0.5) is 0 Å². The second-order valence-corrected chi connectivity index (χ2v) is 6.76. The molecule has 2 heterocycles. The molecule has 1 unspecified atom stereocenters. The van der Waals surface area contributed by atoms with Gasteiger partial charge in [-0.15, -0.1) is 11.3 Å². The zero-order valence-electron chi connectivity index (χ0n) is 12.4. The first-order chi connectivity index (χ1) is 9.22. The number of methoxy groups -OCH3 is 1. The van der Waals surface area contributed by atoms with Gasteiger partial charge in [-0.2, -0.15) is 0 Å². The van der Waals surface area contributed by atoms with E-state index in [0.717, 1.165) is 32.2 Å². The van der Waals surface area contributed by atoms with Crippen molar-refractivity contribution >= 4 is 11.3 Å². The molecule has 0 aromatic carbocycles. The minimum absolute atomic E-state index is 0.727. The zero-order chi connectivity index (χ0) is 13.7. The van der Waals surface area contributed by atoms with Gasteiger partial charge in [0.05, 0.1) is 6.61 Å². The van der Waals surface area contributed by atoms with Gasteiger partial charge in [0, 0.05) is 36.5 Å². The van der Waals surface area contributed by atoms with Gasteiger partial charge < -0.3 is 10.1 Å². The Kier molecular flexibility index (Phi) is 5.82. The number of likely N-dealkylation sites (tertiary alicyclic amines) is 1. The third kappa shape index (κ3) is 4.28. The van der Waals surface area contributed by atoms with Crippen LogP contribution in [0.25, 0.3) is 0 Å². The molecule has 1 aliphatic rings. The number of ether oxygens (including phenoxy) is 1. The van der Waals surface area contributed by atoms with Crippen molar-refractivity contribution in [2.24, 2.45) is 5.92 Å². The lowest BCUT2D eigenvalue weighted by atomic mass is 10.1. The van der Waals surface area contributed by atoms with E-state index in [0.29, 0.717) is 0 Å². The summed E-state index contributed by atoms with van der Waals surface area (Å²) in [5, 5.41) is 3.40. The Labute approximate surface area is 121 Å². The molecule has 19 heavy (non-hydrogen) atoms. The normalized spacial score (nSPS) is 20.3. The van der Waals surface area contributed by atoms with Gasteiger partial charge in [-0.25, -0.2) is 0 Å². The molecule has 0 amide bonds. The number of nitrogens with zero attached hydrogens (tertiary/aromatic N) is 1. The van der Waals surface area contributed by atoms with E-state index < -0.39 is 0 Å². The minimum atomic E-state index is 0.727. The molecule has 3 nitrogen and oxygen atoms in total. The maximum Gasteiger partial charge on any atom is 0.0503 e. The lowest BCUT2D eigenvalue weighted by molar-refractivity contribution is 0.152. The van der Waals surface area contributed by atoms with Gasteiger partial charge in [0.1, 0.15) is 0 Å². The van der Waals surface area contributed by atoms with Crippen LogP contribution in [0.5, 0.6) is 0 Å². The Morgan fingerprint density at radius 3 is 3.11 bits per heavy atom. The van der Waals surface area contributed by atoms with Gasteiger partial charge in [-0.05, 0) is 44.0 Å². The molecule has 1 saturated heterocycles. The Morgan fingerprint density at radius 2 is 2.37 bits per heavy atom. The summed E-state index contributed by atoms with van der Waals surface area (Å²) in [6.45, 7) is 10.9. The van der Waals surface area contributed by atoms with Gasteiger partial charge in [0.2, 0.25) is 0 Å². The van der Waals surface area contributed by atoms with Gasteiger partial charge in [0.15, 0.2) is 0 Å². The average molecular weight is 282 g/mol. The van der Waals surface area contributed by atoms with E-state index in [1.54, 1.807) is 7.11 Å². The second kappa shape index (κ2) is 7.39. The minimum Gasteiger partial charge on any atom is -0.384 e. The van der Waals surface area contributed by atoms with Crippen molar-refractivity contribution < 1.29 is 4.74 Å². The molecule has 2 rings (SSSR count). The van der Waals surface area contributed by atoms with Crippen molar-refractivity contribution in [3.63, 3.8) is 0 Å². The fourth-order valence-corrected chi connectivity index (χ4v) is 3.77. The smallest absolute Gasteiger partial charge is 0.0503 e. The van der Waals surface area contributed by atoms with Gasteiger partial charge in [0.25, 0.3) is 0 Å². The molecule has 1 aliphatic heterocycles. The van der Waals surface area contributed by atoms with E-state index in [9.17, 15) is 0 Å². The van der Waals surface area contributed by atoms with E-state index in [1.165, 1.54) is 34.8 Å². The van der Waals surface area contributed by atoms with Crippen LogP contribution in [0.15, 0.2) is 6.07 Å². The summed E-state index contributed by atoms with van der Waals surface area (Å²) >= 11 is 1.93. The molecule has 0 radical (unpaired) electrons. The third-order valence-corrected chi connectivity index (χ3v) is 4.88. The van der Waals surface area contributed by atoms with Crippen LogP contribution < -0.4 is 5.32 Å². The average Bonchev–Trinajstić information content (AvgIpc) is 2.96. The highest BCUT2D eigenvalue weighted by atomic mass is 32.1. The second-order valence-electron chi connectivity index (χ2n) is 5.42. The number of hydrogen-bond donors (Lipinski definition) is 1. The first-order valence-corrected chi connectivity index (χ1v) is 8.04. The summed E-state index contributed by atoms with van der Waals surface area (Å²) in [6.07, 6.45) is 1.28. The Balaban J connectivity index is 1.87. The Bertz CT molecular complexity index is 391. The van der Waals surface area contributed by atoms with Crippen molar-refractivity contribution in [3.8, 4) is 0 Å². The molecule has 1 fully saturated rings. The molecule has 1 aromatic rings. The van der Waals surface area contributed by atoms with E-state index >= 15 is 0 Å². The number of rotatable bonds is 7. The van der Waals surface area contributed by atoms with Crippen molar-refractivity contribution in [2.75, 3.05) is 33.4 Å². The monoisotopic (exact) mass is 282 g/mol. The fourth-order valence-electron chi connectivity index (χ4n) is 2.75. The maximum atomic E-state index is 5.26. The van der Waals surface area contributed by atoms with E-state index in [-0.39, 0.29) is 0 Å². The summed E-state index contributed by atoms with van der Waals surface area (Å²) in [5.74, 6) is 0.727. The van der Waals surface area contributed by atoms with Crippen LogP contribution in [-0.2, 0) is 17.8 Å². The van der Waals surface area contributed by atoms with Crippen LogP contribution >= 0.6 is 11.3 Å². The molecule has 0 bridgehead atoms. The van der Waals surface area contributed by atoms with Crippen molar-refractivity contribution in [1.29, 1.82) is 0 Å². The van der Waals surface area contributed by atoms with Gasteiger partial charge in [-0.1, -0.05) is 6.92 Å². The summed E-state index contributed by atoms with van der Waals surface area (Å²) in [7, 11) is 1.80. The highest BCUT2D eigenvalue weighted by Crippen LogP contribution is 2.25. The van der Waals surface area contributed by atoms with E-state index in [1.807, 2.05) is 11.3 Å². The predicted molar refractivity (Wildman–Crippen MR) is 81.7 cm³/mol. The third-order valence-electron chi connectivity index (χ3n) is 3.79. The molecule has 108 valence electrons. The molecule has 4 heteroatoms. The molecule has 0 aliphatic carbocycles. The van der Waals surface area contributed by atoms with Crippen molar-refractivity contribution in [2.45, 2.75) is 33.4 Å². The number of nitrogens with one attached hydrogen (secondary N) is 1. The number of thiophene rings is 1. The molecule has 1 atom stereocenters. The number of hydrogen-bond acceptors (Lipinski definition) is 4. The van der Waals surface area contributed by atoms with Crippen molar-refractivity contribution in [1.82, 2.24) is 10.2 Å². The van der Waals surface area contributed by atoms with Crippen LogP contribution in [0.3, 0.4) is 0 Å². The van der Waals surface area contributed by atoms with Crippen molar-refractivity contribution in [3.05, 3.63) is 21.4 Å². The highest BCUT2D eigenvalue weighted by molar-refractivity contribution is 7.12. The molecule has 0 spiro atoms. The molecule has 0 saturated carbocycles. The van der Waals surface area contributed by atoms with Crippen LogP contribution in [0.2, 0.25) is 0 Å². The highest BCUT2D eigenvalue weighted by Gasteiger charge is 2.23. The molecular formula is C15H26N2OS. The summed E-state index contributed by atoms with van der Waals surface area (Å²) in [6, 6.07) is 2.38. The predicted octanol–water partition coefficient (Wildman–Crippen LogP) is 2.63. The number of aryl methyl sites for hydroxylation is 1. The quantitative estimate of drug-likeness (QED) is 0.832. The lowest BCUT2D eigenvalue weighted by Gasteiger charge is -2.15. The lowest BCUT2D eigenvalue weighted by Crippen LogP contribution is -2.21. The van der Waals surface area contributed by atoms with E-state index in [4.69, 9.17) is 4.74 Å². The Hall–Kier alpha value is -0.420. The Morgan fingerprint density at radius 1 is 1.53 bits per heavy atom. The topological polar surface area (TPSA) is 24.5 Å². The fraction of sp³-hybridized carbons (Fsp3) is 0.733. The zero-order valence-corrected chi connectivity index (χ0v) is 13.2. The SMILES string of the molecule is CCNCc1cc(CN2CCC(COC)C2)c(C)s1. The summed E-state index contributed by atoms with van der Waals surface area (Å²) in [5.41, 5.74) is 1.51. The summed E-state index contributed by atoms with van der Waals surface area (Å²) < 4.78 is 5.26. The molecule has 1 aromatic heterocycles. The van der Waals surface area contributed by atoms with Gasteiger partial charge >= 0.3 is 0 Å². The van der Waals surface area contributed by atoms with Crippen LogP contribution in [0.1, 0.15) is 28.7 Å². The maximum absolute atomic E-state index is 5.26. The van der Waals surface area contributed by atoms with Crippen LogP contribution in [0, 0.1) is 12.8 Å². The van der Waals surface area contributed by atoms with E-state index in [2.05, 4.69) is 30.1 Å². The van der Waals surface area contributed by atoms with Gasteiger partial charge in [-0.3, -0.25) is 4.90 Å². The molecular weight excluding hydrogens is 256 g/mol. The summed E-state index contributed by atoms with van der Waals surface area (Å²) in [4.78, 5) is 5.50. The standard InChI is InChI=1S/C15H26N2OS/c1-4-16-8-15-7-14(12(2)19-15)10-17-6-5-13(9-17)11-18-3/h7,13,16H,4-6,8-11H2,1-3H3.